The molecule has 3 atom stereocenters. The lowest BCUT2D eigenvalue weighted by molar-refractivity contribution is -0.119. The van der Waals surface area contributed by atoms with Crippen LogP contribution in [0.25, 0.3) is 0 Å². The van der Waals surface area contributed by atoms with Gasteiger partial charge in [-0.2, -0.15) is 0 Å². The topological polar surface area (TPSA) is 91.3 Å². The molecule has 0 fully saturated rings. The van der Waals surface area contributed by atoms with Crippen molar-refractivity contribution in [3.05, 3.63) is 23.8 Å². The molecule has 0 bridgehead atoms. The average molecular weight is 501 g/mol. The zero-order valence-corrected chi connectivity index (χ0v) is 23.0. The van der Waals surface area contributed by atoms with Gasteiger partial charge in [-0.25, -0.2) is 0 Å². The minimum Gasteiger partial charge on any atom is -0.384 e. The molecular weight excluding hydrogens is 455 g/mol. The predicted molar refractivity (Wildman–Crippen MR) is 137 cm³/mol. The molecule has 7 nitrogen and oxygen atoms in total. The monoisotopic (exact) mass is 500 g/mol. The van der Waals surface area contributed by atoms with Crippen LogP contribution in [0.15, 0.2) is 23.8 Å². The first-order valence-corrected chi connectivity index (χ1v) is 13.6. The number of aliphatic hydroxyl groups excluding tert-OH is 1. The molecule has 0 spiro atoms. The fourth-order valence-corrected chi connectivity index (χ4v) is 5.12. The van der Waals surface area contributed by atoms with Crippen molar-refractivity contribution in [1.82, 2.24) is 0 Å². The van der Waals surface area contributed by atoms with E-state index in [4.69, 9.17) is 23.6 Å². The number of hydrogen-bond donors (Lipinski definition) is 1. The van der Waals surface area contributed by atoms with E-state index in [1.165, 1.54) is 5.57 Å². The molecule has 0 saturated carbocycles. The maximum Gasteiger partial charge on any atom is 0.340 e. The number of Topliss-reactive ketones (excluding diaryl/α,β-unsaturated/α-hetero) is 1. The van der Waals surface area contributed by atoms with Crippen molar-refractivity contribution >= 4 is 13.4 Å². The summed E-state index contributed by atoms with van der Waals surface area (Å²) in [4.78, 5) is 12.9. The Kier molecular flexibility index (Phi) is 16.6. The van der Waals surface area contributed by atoms with E-state index in [0.29, 0.717) is 6.42 Å². The summed E-state index contributed by atoms with van der Waals surface area (Å²) < 4.78 is 34.4. The fraction of sp³-hybridized carbons (Fsp3) is 0.731. The second-order valence-corrected chi connectivity index (χ2v) is 11.0. The Balaban J connectivity index is 5.03. The van der Waals surface area contributed by atoms with Crippen LogP contribution in [0, 0.1) is 17.8 Å². The molecule has 0 rings (SSSR count). The second kappa shape index (κ2) is 17.2. The number of allylic oxidation sites excluding steroid dienone is 3. The highest BCUT2D eigenvalue weighted by Gasteiger charge is 2.37. The van der Waals surface area contributed by atoms with E-state index < -0.39 is 18.9 Å². The molecule has 0 aliphatic rings. The summed E-state index contributed by atoms with van der Waals surface area (Å²) in [6.45, 7) is 15.4. The summed E-state index contributed by atoms with van der Waals surface area (Å²) in [6, 6.07) is 0. The first kappa shape index (κ1) is 32.7. The molecule has 0 heterocycles. The van der Waals surface area contributed by atoms with Gasteiger partial charge in [0.25, 0.3) is 0 Å². The SMILES string of the molecule is C=C(C)C(CC/C(C)=C/CCC(C)(C#CCO)OCOC)CC(=O)C(C)P(=O)(OCC)OCC. The van der Waals surface area contributed by atoms with Gasteiger partial charge in [0.05, 0.1) is 13.2 Å². The number of ketones is 1. The fourth-order valence-electron chi connectivity index (χ4n) is 3.42. The van der Waals surface area contributed by atoms with Crippen molar-refractivity contribution in [2.45, 2.75) is 84.9 Å². The van der Waals surface area contributed by atoms with Gasteiger partial charge in [0.2, 0.25) is 0 Å². The Morgan fingerprint density at radius 3 is 2.35 bits per heavy atom. The Morgan fingerprint density at radius 1 is 1.24 bits per heavy atom. The van der Waals surface area contributed by atoms with Gasteiger partial charge >= 0.3 is 7.60 Å². The molecule has 0 aromatic carbocycles. The molecule has 34 heavy (non-hydrogen) atoms. The second-order valence-electron chi connectivity index (χ2n) is 8.63. The normalized spacial score (nSPS) is 15.7. The van der Waals surface area contributed by atoms with Crippen LogP contribution < -0.4 is 0 Å². The summed E-state index contributed by atoms with van der Waals surface area (Å²) in [6.07, 6.45) is 5.40. The third-order valence-electron chi connectivity index (χ3n) is 5.63. The third kappa shape index (κ3) is 12.4. The van der Waals surface area contributed by atoms with Crippen LogP contribution in [0.2, 0.25) is 0 Å². The summed E-state index contributed by atoms with van der Waals surface area (Å²) in [5.41, 5.74) is 0.615. The van der Waals surface area contributed by atoms with Gasteiger partial charge in [0.15, 0.2) is 0 Å². The van der Waals surface area contributed by atoms with E-state index in [1.807, 2.05) is 13.8 Å². The van der Waals surface area contributed by atoms with Crippen molar-refractivity contribution in [3.63, 3.8) is 0 Å². The smallest absolute Gasteiger partial charge is 0.340 e. The lowest BCUT2D eigenvalue weighted by Crippen LogP contribution is -2.27. The highest BCUT2D eigenvalue weighted by molar-refractivity contribution is 7.55. The predicted octanol–water partition coefficient (Wildman–Crippen LogP) is 5.67. The van der Waals surface area contributed by atoms with Crippen LogP contribution in [0.1, 0.15) is 73.6 Å². The lowest BCUT2D eigenvalue weighted by atomic mass is 9.88. The van der Waals surface area contributed by atoms with E-state index in [-0.39, 0.29) is 44.7 Å². The number of rotatable bonds is 18. The molecule has 0 aromatic heterocycles. The molecule has 0 amide bonds. The van der Waals surface area contributed by atoms with Gasteiger partial charge in [-0.05, 0) is 73.1 Å². The van der Waals surface area contributed by atoms with Crippen LogP contribution in [-0.4, -0.2) is 55.9 Å². The van der Waals surface area contributed by atoms with E-state index in [9.17, 15) is 9.36 Å². The van der Waals surface area contributed by atoms with Crippen LogP contribution in [-0.2, 0) is 27.9 Å². The molecule has 0 aliphatic carbocycles. The molecule has 0 radical (unpaired) electrons. The zero-order chi connectivity index (χ0) is 26.2. The Labute approximate surface area is 206 Å². The van der Waals surface area contributed by atoms with E-state index in [2.05, 4.69) is 31.4 Å². The first-order valence-electron chi connectivity index (χ1n) is 11.9. The molecule has 0 aliphatic heterocycles. The van der Waals surface area contributed by atoms with E-state index in [0.717, 1.165) is 24.8 Å². The minimum atomic E-state index is -3.48. The van der Waals surface area contributed by atoms with Gasteiger partial charge < -0.3 is 23.6 Å². The summed E-state index contributed by atoms with van der Waals surface area (Å²) in [7, 11) is -1.92. The average Bonchev–Trinajstić information content (AvgIpc) is 2.78. The maximum atomic E-state index is 13.0. The Hall–Kier alpha value is -1.26. The summed E-state index contributed by atoms with van der Waals surface area (Å²) in [5, 5.41) is 9.00. The quantitative estimate of drug-likeness (QED) is 0.112. The highest BCUT2D eigenvalue weighted by Crippen LogP contribution is 2.53. The first-order chi connectivity index (χ1) is 16.0. The summed E-state index contributed by atoms with van der Waals surface area (Å²) in [5.74, 6) is 5.48. The van der Waals surface area contributed by atoms with E-state index in [1.54, 1.807) is 27.9 Å². The van der Waals surface area contributed by atoms with E-state index >= 15 is 0 Å². The van der Waals surface area contributed by atoms with Crippen molar-refractivity contribution in [2.24, 2.45) is 5.92 Å². The molecule has 0 saturated heterocycles. The highest BCUT2D eigenvalue weighted by atomic mass is 31.2. The van der Waals surface area contributed by atoms with Gasteiger partial charge in [0.1, 0.15) is 30.4 Å². The molecule has 0 aromatic rings. The lowest BCUT2D eigenvalue weighted by Gasteiger charge is -2.24. The van der Waals surface area contributed by atoms with Gasteiger partial charge in [-0.1, -0.05) is 35.6 Å². The van der Waals surface area contributed by atoms with Crippen molar-refractivity contribution in [2.75, 3.05) is 33.7 Å². The number of carbonyl (C=O) groups excluding carboxylic acids is 1. The zero-order valence-electron chi connectivity index (χ0n) is 22.1. The number of hydrogen-bond acceptors (Lipinski definition) is 7. The molecule has 3 unspecified atom stereocenters. The Morgan fingerprint density at radius 2 is 1.85 bits per heavy atom. The van der Waals surface area contributed by atoms with Crippen LogP contribution in [0.5, 0.6) is 0 Å². The summed E-state index contributed by atoms with van der Waals surface area (Å²) >= 11 is 0. The van der Waals surface area contributed by atoms with Gasteiger partial charge in [-0.15, -0.1) is 0 Å². The maximum absolute atomic E-state index is 13.0. The van der Waals surface area contributed by atoms with Crippen molar-refractivity contribution < 1.29 is 33.0 Å². The minimum absolute atomic E-state index is 0.0132. The van der Waals surface area contributed by atoms with Crippen LogP contribution in [0.3, 0.4) is 0 Å². The number of ether oxygens (including phenoxy) is 2. The third-order valence-corrected chi connectivity index (χ3v) is 8.10. The standard InChI is InChI=1S/C26H45O7P/c1-9-32-34(29,33-10-2)23(6)25(28)19-24(21(3)4)15-14-22(5)13-11-16-26(7,17-12-18-27)31-20-30-8/h13,23-24,27H,3,9-11,14-16,18-20H2,1-2,4-8H3/b22-13+. The van der Waals surface area contributed by atoms with Crippen molar-refractivity contribution in [3.8, 4) is 11.8 Å². The Bertz CT molecular complexity index is 755. The molecular formula is C26H45O7P. The number of carbonyl (C=O) groups is 1. The van der Waals surface area contributed by atoms with Gasteiger partial charge in [0, 0.05) is 13.5 Å². The van der Waals surface area contributed by atoms with Crippen molar-refractivity contribution in [1.29, 1.82) is 0 Å². The van der Waals surface area contributed by atoms with Gasteiger partial charge in [-0.3, -0.25) is 9.36 Å². The number of methoxy groups -OCH3 is 1. The largest absolute Gasteiger partial charge is 0.384 e. The number of aliphatic hydroxyl groups is 1. The molecule has 196 valence electrons. The van der Waals surface area contributed by atoms with Crippen LogP contribution in [0.4, 0.5) is 0 Å². The molecule has 1 N–H and O–H groups in total. The van der Waals surface area contributed by atoms with Crippen LogP contribution >= 0.6 is 7.60 Å². The molecule has 8 heteroatoms.